The molecule has 2 aliphatic rings. The van der Waals surface area contributed by atoms with Crippen LogP contribution >= 0.6 is 0 Å². The van der Waals surface area contributed by atoms with Crippen molar-refractivity contribution in [2.24, 2.45) is 35.5 Å². The molecule has 0 aromatic rings. The summed E-state index contributed by atoms with van der Waals surface area (Å²) in [6.45, 7) is 12.0. The molecular formula is C19H37N. The molecule has 2 saturated carbocycles. The molecule has 1 heteroatoms. The summed E-state index contributed by atoms with van der Waals surface area (Å²) in [4.78, 5) is 0. The summed E-state index contributed by atoms with van der Waals surface area (Å²) in [5.74, 6) is 5.73. The molecule has 0 amide bonds. The van der Waals surface area contributed by atoms with Crippen LogP contribution in [0.25, 0.3) is 0 Å². The van der Waals surface area contributed by atoms with Crippen molar-refractivity contribution in [1.29, 1.82) is 0 Å². The third kappa shape index (κ3) is 4.48. The summed E-state index contributed by atoms with van der Waals surface area (Å²) >= 11 is 0. The van der Waals surface area contributed by atoms with E-state index in [0.29, 0.717) is 0 Å². The van der Waals surface area contributed by atoms with Crippen LogP contribution in [0.2, 0.25) is 0 Å². The largest absolute Gasteiger partial charge is 0.316 e. The van der Waals surface area contributed by atoms with Crippen molar-refractivity contribution in [3.63, 3.8) is 0 Å². The molecule has 3 unspecified atom stereocenters. The van der Waals surface area contributed by atoms with Gasteiger partial charge in [-0.15, -0.1) is 0 Å². The fraction of sp³-hybridized carbons (Fsp3) is 1.00. The van der Waals surface area contributed by atoms with Crippen LogP contribution in [0.1, 0.15) is 72.6 Å². The summed E-state index contributed by atoms with van der Waals surface area (Å²) in [6.07, 6.45) is 10.5. The fourth-order valence-electron chi connectivity index (χ4n) is 4.68. The minimum atomic E-state index is 0.784. The highest BCUT2D eigenvalue weighted by molar-refractivity contribution is 4.88. The van der Waals surface area contributed by atoms with Gasteiger partial charge in [0.05, 0.1) is 0 Å². The van der Waals surface area contributed by atoms with E-state index in [1.807, 2.05) is 0 Å². The highest BCUT2D eigenvalue weighted by Gasteiger charge is 2.37. The van der Waals surface area contributed by atoms with Gasteiger partial charge < -0.3 is 5.32 Å². The van der Waals surface area contributed by atoms with E-state index >= 15 is 0 Å². The van der Waals surface area contributed by atoms with Gasteiger partial charge in [0.25, 0.3) is 0 Å². The van der Waals surface area contributed by atoms with Gasteiger partial charge in [-0.05, 0) is 67.9 Å². The normalized spacial score (nSPS) is 32.4. The van der Waals surface area contributed by atoms with Crippen molar-refractivity contribution in [1.82, 2.24) is 5.32 Å². The molecule has 3 atom stereocenters. The van der Waals surface area contributed by atoms with Gasteiger partial charge in [-0.3, -0.25) is 0 Å². The summed E-state index contributed by atoms with van der Waals surface area (Å²) in [5.41, 5.74) is 0. The Kier molecular flexibility index (Phi) is 6.39. The first-order valence-corrected chi connectivity index (χ1v) is 9.28. The summed E-state index contributed by atoms with van der Waals surface area (Å²) in [7, 11) is 0. The van der Waals surface area contributed by atoms with E-state index in [4.69, 9.17) is 0 Å². The van der Waals surface area contributed by atoms with Crippen LogP contribution in [0.3, 0.4) is 0 Å². The Labute approximate surface area is 127 Å². The Morgan fingerprint density at radius 3 is 2.25 bits per heavy atom. The average Bonchev–Trinajstić information content (AvgIpc) is 2.92. The number of nitrogens with one attached hydrogen (secondary N) is 1. The molecule has 1 N–H and O–H groups in total. The number of rotatable bonds is 6. The van der Waals surface area contributed by atoms with Crippen LogP contribution in [0, 0.1) is 35.5 Å². The molecule has 20 heavy (non-hydrogen) atoms. The third-order valence-corrected chi connectivity index (χ3v) is 6.00. The molecule has 118 valence electrons. The van der Waals surface area contributed by atoms with Gasteiger partial charge in [0.2, 0.25) is 0 Å². The predicted molar refractivity (Wildman–Crippen MR) is 88.8 cm³/mol. The molecule has 2 fully saturated rings. The van der Waals surface area contributed by atoms with E-state index in [0.717, 1.165) is 35.5 Å². The maximum absolute atomic E-state index is 3.75. The molecule has 0 aromatic heterocycles. The molecule has 0 bridgehead atoms. The van der Waals surface area contributed by atoms with Gasteiger partial charge in [-0.1, -0.05) is 53.4 Å². The standard InChI is InChI=1S/C19H37N/c1-14(2)12-20-13-18-10-9-17(15(3)4)11-19(18)16-7-5-6-8-16/h14-20H,5-13H2,1-4H3. The molecule has 0 aliphatic heterocycles. The van der Waals surface area contributed by atoms with E-state index in [9.17, 15) is 0 Å². The van der Waals surface area contributed by atoms with Crippen molar-refractivity contribution >= 4 is 0 Å². The minimum Gasteiger partial charge on any atom is -0.316 e. The second-order valence-electron chi connectivity index (χ2n) is 8.34. The van der Waals surface area contributed by atoms with Crippen LogP contribution in [-0.2, 0) is 0 Å². The first-order chi connectivity index (χ1) is 9.58. The molecular weight excluding hydrogens is 242 g/mol. The summed E-state index contributed by atoms with van der Waals surface area (Å²) in [5, 5.41) is 3.75. The monoisotopic (exact) mass is 279 g/mol. The van der Waals surface area contributed by atoms with Crippen molar-refractivity contribution < 1.29 is 0 Å². The third-order valence-electron chi connectivity index (χ3n) is 6.00. The average molecular weight is 280 g/mol. The predicted octanol–water partition coefficient (Wildman–Crippen LogP) is 5.11. The van der Waals surface area contributed by atoms with Crippen molar-refractivity contribution in [3.8, 4) is 0 Å². The van der Waals surface area contributed by atoms with Gasteiger partial charge in [-0.25, -0.2) is 0 Å². The Hall–Kier alpha value is -0.0400. The molecule has 2 aliphatic carbocycles. The number of hydrogen-bond donors (Lipinski definition) is 1. The van der Waals surface area contributed by atoms with E-state index in [1.165, 1.54) is 58.0 Å². The highest BCUT2D eigenvalue weighted by Crippen LogP contribution is 2.45. The van der Waals surface area contributed by atoms with Crippen LogP contribution in [0.4, 0.5) is 0 Å². The van der Waals surface area contributed by atoms with Gasteiger partial charge in [0.15, 0.2) is 0 Å². The van der Waals surface area contributed by atoms with E-state index < -0.39 is 0 Å². The second kappa shape index (κ2) is 7.82. The Bertz CT molecular complexity index is 263. The van der Waals surface area contributed by atoms with Gasteiger partial charge >= 0.3 is 0 Å². The molecule has 0 radical (unpaired) electrons. The van der Waals surface area contributed by atoms with Crippen LogP contribution < -0.4 is 5.32 Å². The molecule has 0 heterocycles. The molecule has 0 aromatic carbocycles. The molecule has 1 nitrogen and oxygen atoms in total. The fourth-order valence-corrected chi connectivity index (χ4v) is 4.68. The van der Waals surface area contributed by atoms with Crippen LogP contribution in [0.5, 0.6) is 0 Å². The lowest BCUT2D eigenvalue weighted by Crippen LogP contribution is -2.38. The van der Waals surface area contributed by atoms with Crippen molar-refractivity contribution in [2.75, 3.05) is 13.1 Å². The van der Waals surface area contributed by atoms with E-state index in [1.54, 1.807) is 0 Å². The van der Waals surface area contributed by atoms with Crippen molar-refractivity contribution in [2.45, 2.75) is 72.6 Å². The Balaban J connectivity index is 1.90. The Morgan fingerprint density at radius 2 is 1.65 bits per heavy atom. The second-order valence-corrected chi connectivity index (χ2v) is 8.34. The lowest BCUT2D eigenvalue weighted by atomic mass is 9.66. The zero-order chi connectivity index (χ0) is 14.5. The maximum atomic E-state index is 3.75. The minimum absolute atomic E-state index is 0.784. The van der Waals surface area contributed by atoms with Gasteiger partial charge in [0.1, 0.15) is 0 Å². The lowest BCUT2D eigenvalue weighted by Gasteiger charge is -2.41. The van der Waals surface area contributed by atoms with E-state index in [2.05, 4.69) is 33.0 Å². The molecule has 2 rings (SSSR count). The van der Waals surface area contributed by atoms with Gasteiger partial charge in [-0.2, -0.15) is 0 Å². The Morgan fingerprint density at radius 1 is 0.950 bits per heavy atom. The highest BCUT2D eigenvalue weighted by atomic mass is 14.9. The zero-order valence-electron chi connectivity index (χ0n) is 14.3. The van der Waals surface area contributed by atoms with Gasteiger partial charge in [0, 0.05) is 0 Å². The van der Waals surface area contributed by atoms with Crippen molar-refractivity contribution in [3.05, 3.63) is 0 Å². The van der Waals surface area contributed by atoms with Crippen LogP contribution in [-0.4, -0.2) is 13.1 Å². The lowest BCUT2D eigenvalue weighted by molar-refractivity contribution is 0.0984. The van der Waals surface area contributed by atoms with Crippen LogP contribution in [0.15, 0.2) is 0 Å². The quantitative estimate of drug-likeness (QED) is 0.712. The zero-order valence-corrected chi connectivity index (χ0v) is 14.3. The maximum Gasteiger partial charge on any atom is -0.00176 e. The molecule has 0 saturated heterocycles. The summed E-state index contributed by atoms with van der Waals surface area (Å²) in [6, 6.07) is 0. The summed E-state index contributed by atoms with van der Waals surface area (Å²) < 4.78 is 0. The first-order valence-electron chi connectivity index (χ1n) is 9.28. The topological polar surface area (TPSA) is 12.0 Å². The first kappa shape index (κ1) is 16.3. The number of hydrogen-bond acceptors (Lipinski definition) is 1. The SMILES string of the molecule is CC(C)CNCC1CCC(C(C)C)CC1C1CCCC1. The van der Waals surface area contributed by atoms with E-state index in [-0.39, 0.29) is 0 Å². The molecule has 0 spiro atoms. The smallest absolute Gasteiger partial charge is 0.00176 e.